The molecule has 0 spiro atoms. The Bertz CT molecular complexity index is 541. The Kier molecular flexibility index (Phi) is 6.07. The van der Waals surface area contributed by atoms with Crippen LogP contribution in [0.3, 0.4) is 0 Å². The van der Waals surface area contributed by atoms with Gasteiger partial charge in [-0.25, -0.2) is 0 Å². The van der Waals surface area contributed by atoms with Gasteiger partial charge in [0.15, 0.2) is 0 Å². The zero-order valence-corrected chi connectivity index (χ0v) is 14.3. The SMILES string of the molecule is CCCNC(Cc1cccc(Br)c1)c1sccc1OC. The number of halogens is 1. The molecular weight excluding hydrogens is 334 g/mol. The number of hydrogen-bond donors (Lipinski definition) is 1. The second-order valence-electron chi connectivity index (χ2n) is 4.69. The van der Waals surface area contributed by atoms with Crippen LogP contribution in [-0.2, 0) is 6.42 Å². The molecule has 1 aromatic carbocycles. The largest absolute Gasteiger partial charge is 0.496 e. The Morgan fingerprint density at radius 1 is 1.35 bits per heavy atom. The summed E-state index contributed by atoms with van der Waals surface area (Å²) in [6.45, 7) is 3.20. The van der Waals surface area contributed by atoms with Gasteiger partial charge in [0.25, 0.3) is 0 Å². The Morgan fingerprint density at radius 2 is 2.20 bits per heavy atom. The van der Waals surface area contributed by atoms with Gasteiger partial charge in [-0.1, -0.05) is 35.0 Å². The Morgan fingerprint density at radius 3 is 2.90 bits per heavy atom. The highest BCUT2D eigenvalue weighted by Crippen LogP contribution is 2.33. The van der Waals surface area contributed by atoms with Gasteiger partial charge in [-0.05, 0) is 48.5 Å². The van der Waals surface area contributed by atoms with Crippen molar-refractivity contribution in [3.63, 3.8) is 0 Å². The summed E-state index contributed by atoms with van der Waals surface area (Å²) in [5.41, 5.74) is 1.32. The summed E-state index contributed by atoms with van der Waals surface area (Å²) in [6.07, 6.45) is 2.10. The topological polar surface area (TPSA) is 21.3 Å². The summed E-state index contributed by atoms with van der Waals surface area (Å²) in [5.74, 6) is 0.985. The van der Waals surface area contributed by atoms with E-state index in [0.717, 1.165) is 29.6 Å². The Balaban J connectivity index is 2.19. The first kappa shape index (κ1) is 15.5. The molecule has 0 aliphatic heterocycles. The molecule has 1 unspecified atom stereocenters. The van der Waals surface area contributed by atoms with Crippen LogP contribution in [0, 0.1) is 0 Å². The minimum Gasteiger partial charge on any atom is -0.496 e. The van der Waals surface area contributed by atoms with Gasteiger partial charge in [0, 0.05) is 10.5 Å². The molecule has 1 aromatic heterocycles. The normalized spacial score (nSPS) is 12.3. The van der Waals surface area contributed by atoms with Crippen LogP contribution in [0.4, 0.5) is 0 Å². The second kappa shape index (κ2) is 7.81. The third-order valence-electron chi connectivity index (χ3n) is 3.16. The minimum absolute atomic E-state index is 0.305. The standard InChI is InChI=1S/C16H20BrNOS/c1-3-8-18-14(16-15(19-2)7-9-20-16)11-12-5-4-6-13(17)10-12/h4-7,9-10,14,18H,3,8,11H2,1-2H3. The van der Waals surface area contributed by atoms with E-state index in [9.17, 15) is 0 Å². The maximum atomic E-state index is 5.47. The molecule has 0 saturated heterocycles. The highest BCUT2D eigenvalue weighted by molar-refractivity contribution is 9.10. The van der Waals surface area contributed by atoms with Crippen molar-refractivity contribution < 1.29 is 4.74 Å². The molecule has 0 saturated carbocycles. The Labute approximate surface area is 133 Å². The lowest BCUT2D eigenvalue weighted by molar-refractivity contribution is 0.402. The van der Waals surface area contributed by atoms with Gasteiger partial charge in [0.2, 0.25) is 0 Å². The fourth-order valence-electron chi connectivity index (χ4n) is 2.21. The van der Waals surface area contributed by atoms with E-state index in [1.165, 1.54) is 10.4 Å². The fraction of sp³-hybridized carbons (Fsp3) is 0.375. The van der Waals surface area contributed by atoms with E-state index in [2.05, 4.69) is 57.8 Å². The van der Waals surface area contributed by atoms with Crippen molar-refractivity contribution in [2.75, 3.05) is 13.7 Å². The molecule has 0 amide bonds. The molecule has 20 heavy (non-hydrogen) atoms. The summed E-state index contributed by atoms with van der Waals surface area (Å²) in [5, 5.41) is 5.72. The van der Waals surface area contributed by atoms with Crippen LogP contribution in [0.1, 0.15) is 29.8 Å². The lowest BCUT2D eigenvalue weighted by atomic mass is 10.0. The molecule has 2 nitrogen and oxygen atoms in total. The van der Waals surface area contributed by atoms with E-state index in [1.54, 1.807) is 18.4 Å². The highest BCUT2D eigenvalue weighted by atomic mass is 79.9. The molecule has 2 rings (SSSR count). The van der Waals surface area contributed by atoms with Crippen LogP contribution in [0.25, 0.3) is 0 Å². The summed E-state index contributed by atoms with van der Waals surface area (Å²) in [4.78, 5) is 1.28. The van der Waals surface area contributed by atoms with E-state index < -0.39 is 0 Å². The molecule has 0 aliphatic rings. The van der Waals surface area contributed by atoms with Gasteiger partial charge < -0.3 is 10.1 Å². The van der Waals surface area contributed by atoms with E-state index in [-0.39, 0.29) is 0 Å². The third kappa shape index (κ3) is 4.08. The molecule has 4 heteroatoms. The molecule has 0 fully saturated rings. The van der Waals surface area contributed by atoms with Crippen molar-refractivity contribution >= 4 is 27.3 Å². The smallest absolute Gasteiger partial charge is 0.134 e. The molecule has 0 radical (unpaired) electrons. The zero-order valence-electron chi connectivity index (χ0n) is 11.9. The average molecular weight is 354 g/mol. The maximum absolute atomic E-state index is 5.47. The first-order chi connectivity index (χ1) is 9.74. The van der Waals surface area contributed by atoms with Crippen LogP contribution in [0.2, 0.25) is 0 Å². The molecule has 1 heterocycles. The van der Waals surface area contributed by atoms with Gasteiger partial charge in [0.05, 0.1) is 12.0 Å². The molecule has 1 atom stereocenters. The van der Waals surface area contributed by atoms with E-state index in [0.29, 0.717) is 6.04 Å². The number of methoxy groups -OCH3 is 1. The van der Waals surface area contributed by atoms with Crippen molar-refractivity contribution in [1.29, 1.82) is 0 Å². The van der Waals surface area contributed by atoms with Gasteiger partial charge in [0.1, 0.15) is 5.75 Å². The number of benzene rings is 1. The zero-order chi connectivity index (χ0) is 14.4. The Hall–Kier alpha value is -0.840. The molecule has 0 bridgehead atoms. The van der Waals surface area contributed by atoms with Crippen LogP contribution >= 0.6 is 27.3 Å². The van der Waals surface area contributed by atoms with Crippen LogP contribution in [0.5, 0.6) is 5.75 Å². The summed E-state index contributed by atoms with van der Waals surface area (Å²) in [6, 6.07) is 10.8. The van der Waals surface area contributed by atoms with Crippen molar-refractivity contribution in [2.45, 2.75) is 25.8 Å². The van der Waals surface area contributed by atoms with Crippen molar-refractivity contribution in [2.24, 2.45) is 0 Å². The van der Waals surface area contributed by atoms with Gasteiger partial charge in [-0.15, -0.1) is 11.3 Å². The molecule has 2 aromatic rings. The number of hydrogen-bond acceptors (Lipinski definition) is 3. The average Bonchev–Trinajstić information content (AvgIpc) is 2.92. The van der Waals surface area contributed by atoms with Crippen LogP contribution in [-0.4, -0.2) is 13.7 Å². The lowest BCUT2D eigenvalue weighted by Gasteiger charge is -2.19. The van der Waals surface area contributed by atoms with Gasteiger partial charge in [-0.3, -0.25) is 0 Å². The second-order valence-corrected chi connectivity index (χ2v) is 6.56. The monoisotopic (exact) mass is 353 g/mol. The quantitative estimate of drug-likeness (QED) is 0.771. The predicted octanol–water partition coefficient (Wildman–Crippen LogP) is 4.80. The number of thiophene rings is 1. The predicted molar refractivity (Wildman–Crippen MR) is 89.8 cm³/mol. The third-order valence-corrected chi connectivity index (χ3v) is 4.67. The van der Waals surface area contributed by atoms with E-state index in [4.69, 9.17) is 4.74 Å². The number of nitrogens with one attached hydrogen (secondary N) is 1. The first-order valence-electron chi connectivity index (χ1n) is 6.83. The van der Waals surface area contributed by atoms with Crippen molar-refractivity contribution in [1.82, 2.24) is 5.32 Å². The first-order valence-corrected chi connectivity index (χ1v) is 8.51. The summed E-state index contributed by atoms with van der Waals surface area (Å²) < 4.78 is 6.60. The number of rotatable bonds is 7. The van der Waals surface area contributed by atoms with Crippen molar-refractivity contribution in [3.8, 4) is 5.75 Å². The van der Waals surface area contributed by atoms with Crippen LogP contribution < -0.4 is 10.1 Å². The van der Waals surface area contributed by atoms with Gasteiger partial charge >= 0.3 is 0 Å². The fourth-order valence-corrected chi connectivity index (χ4v) is 3.59. The minimum atomic E-state index is 0.305. The highest BCUT2D eigenvalue weighted by Gasteiger charge is 2.17. The number of ether oxygens (including phenoxy) is 1. The van der Waals surface area contributed by atoms with Gasteiger partial charge in [-0.2, -0.15) is 0 Å². The van der Waals surface area contributed by atoms with E-state index in [1.807, 2.05) is 6.07 Å². The summed E-state index contributed by atoms with van der Waals surface area (Å²) >= 11 is 5.30. The maximum Gasteiger partial charge on any atom is 0.134 e. The van der Waals surface area contributed by atoms with Crippen LogP contribution in [0.15, 0.2) is 40.2 Å². The molecular formula is C16H20BrNOS. The van der Waals surface area contributed by atoms with Crippen molar-refractivity contribution in [3.05, 3.63) is 50.6 Å². The van der Waals surface area contributed by atoms with E-state index >= 15 is 0 Å². The molecule has 108 valence electrons. The lowest BCUT2D eigenvalue weighted by Crippen LogP contribution is -2.23. The molecule has 1 N–H and O–H groups in total. The summed E-state index contributed by atoms with van der Waals surface area (Å²) in [7, 11) is 1.74. The molecule has 0 aliphatic carbocycles.